The van der Waals surface area contributed by atoms with Gasteiger partial charge in [0, 0.05) is 36.2 Å². The van der Waals surface area contributed by atoms with Crippen molar-refractivity contribution in [2.45, 2.75) is 4.90 Å². The van der Waals surface area contributed by atoms with Crippen LogP contribution in [0.3, 0.4) is 0 Å². The fourth-order valence-corrected chi connectivity index (χ4v) is 4.56. The van der Waals surface area contributed by atoms with Crippen molar-refractivity contribution >= 4 is 37.3 Å². The molecular weight excluding hydrogens is 332 g/mol. The molecule has 0 radical (unpaired) electrons. The Morgan fingerprint density at radius 2 is 1.67 bits per heavy atom. The highest BCUT2D eigenvalue weighted by molar-refractivity contribution is 8.00. The highest BCUT2D eigenvalue weighted by atomic mass is 32.2. The number of thioether (sulfide) groups is 1. The maximum Gasteiger partial charge on any atom is 0.214 e. The molecule has 1 rings (SSSR count). The van der Waals surface area contributed by atoms with E-state index < -0.39 is 19.9 Å². The summed E-state index contributed by atoms with van der Waals surface area (Å²) in [6.07, 6.45) is 1.09. The topological polar surface area (TPSA) is 97.5 Å². The highest BCUT2D eigenvalue weighted by Crippen LogP contribution is 2.19. The van der Waals surface area contributed by atoms with Gasteiger partial charge in [0.15, 0.2) is 0 Å². The molecule has 1 aromatic rings. The van der Waals surface area contributed by atoms with Gasteiger partial charge in [0.1, 0.15) is 9.84 Å². The molecule has 0 bridgehead atoms. The number of sulfonamides is 1. The molecular formula is C12H20N2O4S3. The number of rotatable bonds is 8. The second-order valence-electron chi connectivity index (χ2n) is 4.68. The molecule has 0 aliphatic rings. The number of hydrogen-bond acceptors (Lipinski definition) is 6. The average molecular weight is 353 g/mol. The van der Waals surface area contributed by atoms with Gasteiger partial charge < -0.3 is 5.73 Å². The van der Waals surface area contributed by atoms with Crippen molar-refractivity contribution in [3.8, 4) is 0 Å². The van der Waals surface area contributed by atoms with Crippen LogP contribution in [0.25, 0.3) is 0 Å². The fraction of sp³-hybridized carbons (Fsp3) is 0.500. The zero-order valence-electron chi connectivity index (χ0n) is 12.0. The minimum atomic E-state index is -3.44. The van der Waals surface area contributed by atoms with Gasteiger partial charge >= 0.3 is 0 Å². The van der Waals surface area contributed by atoms with Gasteiger partial charge in [0.05, 0.1) is 11.5 Å². The molecule has 2 N–H and O–H groups in total. The van der Waals surface area contributed by atoms with Gasteiger partial charge in [-0.3, -0.25) is 0 Å². The van der Waals surface area contributed by atoms with Crippen molar-refractivity contribution in [1.29, 1.82) is 0 Å². The summed E-state index contributed by atoms with van der Waals surface area (Å²) in [4.78, 5) is 0.943. The Balaban J connectivity index is 2.47. The third kappa shape index (κ3) is 7.16. The quantitative estimate of drug-likeness (QED) is 0.545. The van der Waals surface area contributed by atoms with Gasteiger partial charge in [0.25, 0.3) is 0 Å². The van der Waals surface area contributed by atoms with E-state index in [1.54, 1.807) is 12.1 Å². The molecule has 0 amide bonds. The minimum absolute atomic E-state index is 0.0201. The van der Waals surface area contributed by atoms with Crippen molar-refractivity contribution in [3.05, 3.63) is 24.3 Å². The first-order valence-corrected chi connectivity index (χ1v) is 10.9. The van der Waals surface area contributed by atoms with E-state index in [4.69, 9.17) is 5.73 Å². The van der Waals surface area contributed by atoms with E-state index in [1.807, 2.05) is 12.1 Å². The molecule has 0 unspecified atom stereocenters. The lowest BCUT2D eigenvalue weighted by Gasteiger charge is -2.16. The number of benzene rings is 1. The summed E-state index contributed by atoms with van der Waals surface area (Å²) in [5.74, 6) is 0.186. The summed E-state index contributed by atoms with van der Waals surface area (Å²) in [6, 6.07) is 7.18. The first-order chi connectivity index (χ1) is 9.60. The molecule has 0 aliphatic heterocycles. The largest absolute Gasteiger partial charge is 0.399 e. The van der Waals surface area contributed by atoms with Crippen LogP contribution >= 0.6 is 11.8 Å². The molecule has 120 valence electrons. The molecule has 0 saturated heterocycles. The van der Waals surface area contributed by atoms with Crippen molar-refractivity contribution < 1.29 is 16.8 Å². The SMILES string of the molecule is CN(CCS(C)(=O)=O)S(=O)(=O)CCSc1ccc(N)cc1. The van der Waals surface area contributed by atoms with Gasteiger partial charge in [-0.25, -0.2) is 21.1 Å². The summed E-state index contributed by atoms with van der Waals surface area (Å²) in [7, 11) is -5.21. The van der Waals surface area contributed by atoms with Crippen LogP contribution in [0.4, 0.5) is 5.69 Å². The van der Waals surface area contributed by atoms with Gasteiger partial charge in [-0.15, -0.1) is 11.8 Å². The van der Waals surface area contributed by atoms with Crippen molar-refractivity contribution in [1.82, 2.24) is 4.31 Å². The normalized spacial score (nSPS) is 12.7. The van der Waals surface area contributed by atoms with Crippen LogP contribution in [0, 0.1) is 0 Å². The average Bonchev–Trinajstić information content (AvgIpc) is 2.37. The third-order valence-electron chi connectivity index (χ3n) is 2.74. The summed E-state index contributed by atoms with van der Waals surface area (Å²) >= 11 is 1.42. The van der Waals surface area contributed by atoms with E-state index in [9.17, 15) is 16.8 Å². The van der Waals surface area contributed by atoms with Crippen LogP contribution in [-0.4, -0.2) is 58.2 Å². The highest BCUT2D eigenvalue weighted by Gasteiger charge is 2.18. The number of hydrogen-bond donors (Lipinski definition) is 1. The van der Waals surface area contributed by atoms with Crippen molar-refractivity contribution in [3.63, 3.8) is 0 Å². The molecule has 9 heteroatoms. The number of sulfone groups is 1. The van der Waals surface area contributed by atoms with Crippen LogP contribution in [0.2, 0.25) is 0 Å². The molecule has 6 nitrogen and oxygen atoms in total. The summed E-state index contributed by atoms with van der Waals surface area (Å²) in [5.41, 5.74) is 6.23. The summed E-state index contributed by atoms with van der Waals surface area (Å²) < 4.78 is 47.2. The van der Waals surface area contributed by atoms with Crippen molar-refractivity contribution in [2.24, 2.45) is 0 Å². The predicted octanol–water partition coefficient (Wildman–Crippen LogP) is 0.667. The molecule has 0 spiro atoms. The monoisotopic (exact) mass is 352 g/mol. The van der Waals surface area contributed by atoms with E-state index >= 15 is 0 Å². The lowest BCUT2D eigenvalue weighted by atomic mass is 10.3. The first kappa shape index (κ1) is 18.3. The van der Waals surface area contributed by atoms with Crippen LogP contribution in [-0.2, 0) is 19.9 Å². The lowest BCUT2D eigenvalue weighted by molar-refractivity contribution is 0.486. The van der Waals surface area contributed by atoms with Gasteiger partial charge in [-0.2, -0.15) is 0 Å². The van der Waals surface area contributed by atoms with Gasteiger partial charge in [-0.1, -0.05) is 0 Å². The Kier molecular flexibility index (Phi) is 6.51. The van der Waals surface area contributed by atoms with Gasteiger partial charge in [0.2, 0.25) is 10.0 Å². The maximum atomic E-state index is 12.0. The van der Waals surface area contributed by atoms with Crippen molar-refractivity contribution in [2.75, 3.05) is 42.8 Å². The molecule has 0 saturated carbocycles. The Hall–Kier alpha value is -0.770. The van der Waals surface area contributed by atoms with E-state index in [0.29, 0.717) is 11.4 Å². The molecule has 0 atom stereocenters. The molecule has 0 heterocycles. The number of anilines is 1. The summed E-state index contributed by atoms with van der Waals surface area (Å²) in [6.45, 7) is -0.0201. The fourth-order valence-electron chi connectivity index (χ4n) is 1.42. The second kappa shape index (κ2) is 7.48. The smallest absolute Gasteiger partial charge is 0.214 e. The zero-order chi connectivity index (χ0) is 16.1. The van der Waals surface area contributed by atoms with E-state index in [0.717, 1.165) is 15.5 Å². The molecule has 1 aromatic carbocycles. The zero-order valence-corrected chi connectivity index (χ0v) is 14.5. The van der Waals surface area contributed by atoms with E-state index in [-0.39, 0.29) is 18.1 Å². The van der Waals surface area contributed by atoms with E-state index in [1.165, 1.54) is 18.8 Å². The van der Waals surface area contributed by atoms with Gasteiger partial charge in [-0.05, 0) is 24.3 Å². The maximum absolute atomic E-state index is 12.0. The molecule has 0 fully saturated rings. The predicted molar refractivity (Wildman–Crippen MR) is 87.7 cm³/mol. The molecule has 0 aliphatic carbocycles. The number of nitrogens with zero attached hydrogens (tertiary/aromatic N) is 1. The Bertz CT molecular complexity index is 654. The van der Waals surface area contributed by atoms with Crippen LogP contribution in [0.15, 0.2) is 29.2 Å². The van der Waals surface area contributed by atoms with Crippen LogP contribution in [0.5, 0.6) is 0 Å². The molecule has 21 heavy (non-hydrogen) atoms. The lowest BCUT2D eigenvalue weighted by Crippen LogP contribution is -2.33. The molecule has 0 aromatic heterocycles. The first-order valence-electron chi connectivity index (χ1n) is 6.20. The Morgan fingerprint density at radius 1 is 1.10 bits per heavy atom. The number of nitrogen functional groups attached to an aromatic ring is 1. The Labute approximate surface area is 130 Å². The van der Waals surface area contributed by atoms with Crippen LogP contribution < -0.4 is 5.73 Å². The third-order valence-corrected chi connectivity index (χ3v) is 6.79. The Morgan fingerprint density at radius 3 is 2.19 bits per heavy atom. The second-order valence-corrected chi connectivity index (χ2v) is 10.3. The van der Waals surface area contributed by atoms with E-state index in [2.05, 4.69) is 0 Å². The number of nitrogens with two attached hydrogens (primary N) is 1. The minimum Gasteiger partial charge on any atom is -0.399 e. The van der Waals surface area contributed by atoms with Crippen LogP contribution in [0.1, 0.15) is 0 Å². The standard InChI is InChI=1S/C12H20N2O4S3/c1-14(7-9-20(2,15)16)21(17,18)10-8-19-12-5-3-11(13)4-6-12/h3-6H,7-10,13H2,1-2H3. The summed E-state index contributed by atoms with van der Waals surface area (Å²) in [5, 5.41) is 0.